The van der Waals surface area contributed by atoms with Gasteiger partial charge in [-0.1, -0.05) is 12.1 Å². The molecule has 0 bridgehead atoms. The standard InChI is InChI=1S/C17H17BrN2O2/c18-14-4-1-2-5-15(14)19-12-7-9-13(10-8-12)20-17(21)16-6-3-11-22-16/h1-2,4-5,7-10,16,19H,3,6,11H2,(H,20,21). The molecule has 114 valence electrons. The minimum atomic E-state index is -0.307. The van der Waals surface area contributed by atoms with Crippen LogP contribution in [0.4, 0.5) is 17.1 Å². The molecule has 22 heavy (non-hydrogen) atoms. The van der Waals surface area contributed by atoms with Gasteiger partial charge in [0.15, 0.2) is 0 Å². The smallest absolute Gasteiger partial charge is 0.253 e. The molecule has 1 atom stereocenters. The molecule has 1 aliphatic rings. The summed E-state index contributed by atoms with van der Waals surface area (Å²) in [6.45, 7) is 0.674. The monoisotopic (exact) mass is 360 g/mol. The van der Waals surface area contributed by atoms with Crippen molar-refractivity contribution in [3.05, 3.63) is 53.0 Å². The molecule has 1 aliphatic heterocycles. The van der Waals surface area contributed by atoms with Crippen molar-refractivity contribution in [1.82, 2.24) is 0 Å². The molecule has 2 N–H and O–H groups in total. The molecular formula is C17H17BrN2O2. The van der Waals surface area contributed by atoms with Crippen LogP contribution in [0.1, 0.15) is 12.8 Å². The second-order valence-electron chi connectivity index (χ2n) is 5.17. The van der Waals surface area contributed by atoms with Gasteiger partial charge in [-0.2, -0.15) is 0 Å². The fraction of sp³-hybridized carbons (Fsp3) is 0.235. The first-order chi connectivity index (χ1) is 10.7. The highest BCUT2D eigenvalue weighted by atomic mass is 79.9. The minimum Gasteiger partial charge on any atom is -0.368 e. The van der Waals surface area contributed by atoms with E-state index in [0.29, 0.717) is 6.61 Å². The van der Waals surface area contributed by atoms with Gasteiger partial charge >= 0.3 is 0 Å². The van der Waals surface area contributed by atoms with Crippen LogP contribution < -0.4 is 10.6 Å². The van der Waals surface area contributed by atoms with Gasteiger partial charge in [0.05, 0.1) is 5.69 Å². The molecule has 0 radical (unpaired) electrons. The Morgan fingerprint density at radius 1 is 1.09 bits per heavy atom. The van der Waals surface area contributed by atoms with E-state index < -0.39 is 0 Å². The summed E-state index contributed by atoms with van der Waals surface area (Å²) < 4.78 is 6.38. The Bertz CT molecular complexity index is 652. The number of carbonyl (C=O) groups excluding carboxylic acids is 1. The Morgan fingerprint density at radius 3 is 2.50 bits per heavy atom. The van der Waals surface area contributed by atoms with Gasteiger partial charge in [-0.05, 0) is 65.2 Å². The number of benzene rings is 2. The van der Waals surface area contributed by atoms with Crippen molar-refractivity contribution in [2.24, 2.45) is 0 Å². The van der Waals surface area contributed by atoms with Gasteiger partial charge in [0.25, 0.3) is 5.91 Å². The summed E-state index contributed by atoms with van der Waals surface area (Å²) in [6.07, 6.45) is 1.44. The fourth-order valence-electron chi connectivity index (χ4n) is 2.36. The number of amides is 1. The molecule has 4 nitrogen and oxygen atoms in total. The Morgan fingerprint density at radius 2 is 1.82 bits per heavy atom. The van der Waals surface area contributed by atoms with Gasteiger partial charge in [0, 0.05) is 22.5 Å². The van der Waals surface area contributed by atoms with Gasteiger partial charge in [0.2, 0.25) is 0 Å². The van der Waals surface area contributed by atoms with Crippen LogP contribution in [0.15, 0.2) is 53.0 Å². The predicted octanol–water partition coefficient (Wildman–Crippen LogP) is 4.31. The lowest BCUT2D eigenvalue weighted by Gasteiger charge is -2.12. The number of ether oxygens (including phenoxy) is 1. The summed E-state index contributed by atoms with van der Waals surface area (Å²) in [6, 6.07) is 15.6. The zero-order valence-corrected chi connectivity index (χ0v) is 13.6. The van der Waals surface area contributed by atoms with E-state index >= 15 is 0 Å². The number of para-hydroxylation sites is 1. The first-order valence-electron chi connectivity index (χ1n) is 7.26. The first-order valence-corrected chi connectivity index (χ1v) is 8.06. The molecule has 1 unspecified atom stereocenters. The van der Waals surface area contributed by atoms with E-state index in [-0.39, 0.29) is 12.0 Å². The van der Waals surface area contributed by atoms with Gasteiger partial charge in [-0.15, -0.1) is 0 Å². The zero-order chi connectivity index (χ0) is 15.4. The fourth-order valence-corrected chi connectivity index (χ4v) is 2.75. The summed E-state index contributed by atoms with van der Waals surface area (Å²) in [5, 5.41) is 6.21. The van der Waals surface area contributed by atoms with Gasteiger partial charge in [-0.3, -0.25) is 4.79 Å². The van der Waals surface area contributed by atoms with Crippen molar-refractivity contribution in [2.75, 3.05) is 17.2 Å². The van der Waals surface area contributed by atoms with Crippen LogP contribution >= 0.6 is 15.9 Å². The van der Waals surface area contributed by atoms with Gasteiger partial charge in [0.1, 0.15) is 6.10 Å². The van der Waals surface area contributed by atoms with Crippen LogP contribution in [-0.2, 0) is 9.53 Å². The van der Waals surface area contributed by atoms with E-state index in [1.807, 2.05) is 48.5 Å². The molecule has 0 spiro atoms. The Balaban J connectivity index is 1.63. The maximum Gasteiger partial charge on any atom is 0.253 e. The molecule has 1 fully saturated rings. The molecule has 2 aromatic rings. The third kappa shape index (κ3) is 3.67. The van der Waals surface area contributed by atoms with E-state index in [4.69, 9.17) is 4.74 Å². The Kier molecular flexibility index (Phi) is 4.75. The predicted molar refractivity (Wildman–Crippen MR) is 91.5 cm³/mol. The summed E-state index contributed by atoms with van der Waals surface area (Å²) >= 11 is 3.51. The van der Waals surface area contributed by atoms with Crippen LogP contribution in [0.3, 0.4) is 0 Å². The molecular weight excluding hydrogens is 344 g/mol. The van der Waals surface area contributed by atoms with E-state index in [0.717, 1.165) is 34.4 Å². The van der Waals surface area contributed by atoms with Crippen molar-refractivity contribution in [3.8, 4) is 0 Å². The second kappa shape index (κ2) is 6.94. The molecule has 5 heteroatoms. The first kappa shape index (κ1) is 15.1. The maximum absolute atomic E-state index is 12.0. The summed E-state index contributed by atoms with van der Waals surface area (Å²) in [5.41, 5.74) is 2.74. The SMILES string of the molecule is O=C(Nc1ccc(Nc2ccccc2Br)cc1)C1CCCO1. The number of rotatable bonds is 4. The lowest BCUT2D eigenvalue weighted by Crippen LogP contribution is -2.26. The van der Waals surface area contributed by atoms with Crippen molar-refractivity contribution >= 4 is 38.9 Å². The van der Waals surface area contributed by atoms with E-state index in [1.165, 1.54) is 0 Å². The number of carbonyl (C=O) groups is 1. The molecule has 3 rings (SSSR count). The van der Waals surface area contributed by atoms with Crippen LogP contribution in [0.2, 0.25) is 0 Å². The minimum absolute atomic E-state index is 0.0657. The quantitative estimate of drug-likeness (QED) is 0.853. The van der Waals surface area contributed by atoms with Crippen LogP contribution in [0, 0.1) is 0 Å². The maximum atomic E-state index is 12.0. The molecule has 0 aromatic heterocycles. The van der Waals surface area contributed by atoms with Gasteiger partial charge < -0.3 is 15.4 Å². The summed E-state index contributed by atoms with van der Waals surface area (Å²) in [5.74, 6) is -0.0657. The van der Waals surface area contributed by atoms with Crippen molar-refractivity contribution in [2.45, 2.75) is 18.9 Å². The van der Waals surface area contributed by atoms with Crippen LogP contribution in [0.25, 0.3) is 0 Å². The van der Waals surface area contributed by atoms with Crippen molar-refractivity contribution in [1.29, 1.82) is 0 Å². The second-order valence-corrected chi connectivity index (χ2v) is 6.03. The lowest BCUT2D eigenvalue weighted by molar-refractivity contribution is -0.124. The van der Waals surface area contributed by atoms with E-state index in [1.54, 1.807) is 0 Å². The average molecular weight is 361 g/mol. The molecule has 1 heterocycles. The highest BCUT2D eigenvalue weighted by Crippen LogP contribution is 2.26. The molecule has 2 aromatic carbocycles. The zero-order valence-electron chi connectivity index (χ0n) is 12.0. The lowest BCUT2D eigenvalue weighted by atomic mass is 10.2. The van der Waals surface area contributed by atoms with Crippen molar-refractivity contribution in [3.63, 3.8) is 0 Å². The Labute approximate surface area is 138 Å². The topological polar surface area (TPSA) is 50.4 Å². The number of hydrogen-bond donors (Lipinski definition) is 2. The van der Waals surface area contributed by atoms with Crippen molar-refractivity contribution < 1.29 is 9.53 Å². The summed E-state index contributed by atoms with van der Waals surface area (Å²) in [4.78, 5) is 12.0. The van der Waals surface area contributed by atoms with Gasteiger partial charge in [-0.25, -0.2) is 0 Å². The van der Waals surface area contributed by atoms with Crippen LogP contribution in [-0.4, -0.2) is 18.6 Å². The Hall–Kier alpha value is -1.85. The average Bonchev–Trinajstić information content (AvgIpc) is 3.06. The third-order valence-electron chi connectivity index (χ3n) is 3.53. The normalized spacial score (nSPS) is 17.2. The molecule has 1 amide bonds. The highest BCUT2D eigenvalue weighted by molar-refractivity contribution is 9.10. The largest absolute Gasteiger partial charge is 0.368 e. The number of nitrogens with one attached hydrogen (secondary N) is 2. The number of anilines is 3. The molecule has 0 aliphatic carbocycles. The third-order valence-corrected chi connectivity index (χ3v) is 4.22. The molecule has 1 saturated heterocycles. The molecule has 0 saturated carbocycles. The van der Waals surface area contributed by atoms with E-state index in [9.17, 15) is 4.79 Å². The highest BCUT2D eigenvalue weighted by Gasteiger charge is 2.23. The summed E-state index contributed by atoms with van der Waals surface area (Å²) in [7, 11) is 0. The number of hydrogen-bond acceptors (Lipinski definition) is 3. The van der Waals surface area contributed by atoms with Crippen LogP contribution in [0.5, 0.6) is 0 Å². The van der Waals surface area contributed by atoms with E-state index in [2.05, 4.69) is 26.6 Å². The number of halogens is 1.